The van der Waals surface area contributed by atoms with Gasteiger partial charge in [0.15, 0.2) is 0 Å². The topological polar surface area (TPSA) is 25.8 Å². The minimum absolute atomic E-state index is 0.288. The molecule has 2 nitrogen and oxygen atoms in total. The SMILES string of the molecule is CC(C)c1nc(-c2ccccc2)c(C(C)C)c(-c2ccccc2)n1. The molecule has 0 aliphatic heterocycles. The van der Waals surface area contributed by atoms with Crippen LogP contribution in [0, 0.1) is 0 Å². The molecule has 2 aromatic carbocycles. The number of hydrogen-bond acceptors (Lipinski definition) is 2. The van der Waals surface area contributed by atoms with Crippen molar-refractivity contribution in [2.24, 2.45) is 0 Å². The molecule has 3 rings (SSSR count). The molecule has 0 saturated carbocycles. The maximum atomic E-state index is 4.94. The summed E-state index contributed by atoms with van der Waals surface area (Å²) in [6.45, 7) is 8.72. The van der Waals surface area contributed by atoms with Gasteiger partial charge in [-0.05, 0) is 5.92 Å². The van der Waals surface area contributed by atoms with Gasteiger partial charge in [0.2, 0.25) is 0 Å². The zero-order valence-electron chi connectivity index (χ0n) is 14.8. The van der Waals surface area contributed by atoms with E-state index in [0.29, 0.717) is 5.92 Å². The van der Waals surface area contributed by atoms with E-state index in [1.807, 2.05) is 12.1 Å². The lowest BCUT2D eigenvalue weighted by Gasteiger charge is -2.19. The Bertz CT molecular complexity index is 745. The summed E-state index contributed by atoms with van der Waals surface area (Å²) in [5.74, 6) is 1.53. The highest BCUT2D eigenvalue weighted by atomic mass is 14.9. The van der Waals surface area contributed by atoms with Crippen LogP contribution >= 0.6 is 0 Å². The molecule has 24 heavy (non-hydrogen) atoms. The Hall–Kier alpha value is -2.48. The minimum atomic E-state index is 0.288. The van der Waals surface area contributed by atoms with E-state index in [-0.39, 0.29) is 5.92 Å². The zero-order chi connectivity index (χ0) is 17.1. The van der Waals surface area contributed by atoms with Crippen molar-refractivity contribution in [1.82, 2.24) is 9.97 Å². The van der Waals surface area contributed by atoms with Gasteiger partial charge >= 0.3 is 0 Å². The van der Waals surface area contributed by atoms with Gasteiger partial charge in [0, 0.05) is 22.6 Å². The first kappa shape index (κ1) is 16.4. The average molecular weight is 316 g/mol. The van der Waals surface area contributed by atoms with E-state index in [4.69, 9.17) is 9.97 Å². The van der Waals surface area contributed by atoms with Gasteiger partial charge < -0.3 is 0 Å². The van der Waals surface area contributed by atoms with Crippen molar-refractivity contribution in [2.45, 2.75) is 39.5 Å². The van der Waals surface area contributed by atoms with Gasteiger partial charge in [-0.25, -0.2) is 9.97 Å². The smallest absolute Gasteiger partial charge is 0.132 e. The van der Waals surface area contributed by atoms with Crippen molar-refractivity contribution < 1.29 is 0 Å². The average Bonchev–Trinajstić information content (AvgIpc) is 2.62. The second-order valence-electron chi connectivity index (χ2n) is 6.73. The van der Waals surface area contributed by atoms with Crippen LogP contribution in [0.2, 0.25) is 0 Å². The molecular weight excluding hydrogens is 292 g/mol. The van der Waals surface area contributed by atoms with Crippen LogP contribution in [-0.2, 0) is 0 Å². The summed E-state index contributed by atoms with van der Waals surface area (Å²) in [6.07, 6.45) is 0. The third-order valence-corrected chi connectivity index (χ3v) is 4.15. The second kappa shape index (κ2) is 6.96. The van der Waals surface area contributed by atoms with Crippen molar-refractivity contribution in [3.63, 3.8) is 0 Å². The zero-order valence-corrected chi connectivity index (χ0v) is 14.8. The summed E-state index contributed by atoms with van der Waals surface area (Å²) in [7, 11) is 0. The highest BCUT2D eigenvalue weighted by molar-refractivity contribution is 5.74. The molecule has 0 amide bonds. The van der Waals surface area contributed by atoms with Gasteiger partial charge in [-0.3, -0.25) is 0 Å². The molecule has 1 aromatic heterocycles. The maximum absolute atomic E-state index is 4.94. The Kier molecular flexibility index (Phi) is 4.75. The van der Waals surface area contributed by atoms with Gasteiger partial charge in [0.25, 0.3) is 0 Å². The van der Waals surface area contributed by atoms with Crippen LogP contribution in [0.5, 0.6) is 0 Å². The molecule has 0 bridgehead atoms. The lowest BCUT2D eigenvalue weighted by molar-refractivity contribution is 0.761. The third kappa shape index (κ3) is 3.23. The van der Waals surface area contributed by atoms with Crippen LogP contribution in [0.1, 0.15) is 50.9 Å². The highest BCUT2D eigenvalue weighted by Gasteiger charge is 2.20. The molecule has 0 unspecified atom stereocenters. The van der Waals surface area contributed by atoms with E-state index >= 15 is 0 Å². The van der Waals surface area contributed by atoms with E-state index < -0.39 is 0 Å². The number of benzene rings is 2. The summed E-state index contributed by atoms with van der Waals surface area (Å²) < 4.78 is 0. The van der Waals surface area contributed by atoms with Crippen molar-refractivity contribution in [3.8, 4) is 22.5 Å². The first-order valence-electron chi connectivity index (χ1n) is 8.60. The molecule has 122 valence electrons. The summed E-state index contributed by atoms with van der Waals surface area (Å²) in [4.78, 5) is 9.88. The molecule has 1 heterocycles. The molecule has 0 aliphatic carbocycles. The van der Waals surface area contributed by atoms with Gasteiger partial charge in [0.05, 0.1) is 11.4 Å². The van der Waals surface area contributed by atoms with Crippen LogP contribution in [0.4, 0.5) is 0 Å². The fraction of sp³-hybridized carbons (Fsp3) is 0.273. The summed E-state index contributed by atoms with van der Waals surface area (Å²) in [5.41, 5.74) is 5.65. The van der Waals surface area contributed by atoms with Crippen molar-refractivity contribution in [1.29, 1.82) is 0 Å². The van der Waals surface area contributed by atoms with Gasteiger partial charge in [-0.15, -0.1) is 0 Å². The summed E-state index contributed by atoms with van der Waals surface area (Å²) >= 11 is 0. The number of hydrogen-bond donors (Lipinski definition) is 0. The van der Waals surface area contributed by atoms with Gasteiger partial charge in [-0.2, -0.15) is 0 Å². The van der Waals surface area contributed by atoms with E-state index in [0.717, 1.165) is 28.3 Å². The predicted molar refractivity (Wildman–Crippen MR) is 101 cm³/mol. The largest absolute Gasteiger partial charge is 0.232 e. The minimum Gasteiger partial charge on any atom is -0.232 e. The van der Waals surface area contributed by atoms with Crippen LogP contribution in [0.25, 0.3) is 22.5 Å². The normalized spacial score (nSPS) is 11.2. The highest BCUT2D eigenvalue weighted by Crippen LogP contribution is 2.35. The molecule has 0 spiro atoms. The van der Waals surface area contributed by atoms with Crippen molar-refractivity contribution in [2.75, 3.05) is 0 Å². The molecule has 0 aliphatic rings. The molecule has 0 fully saturated rings. The number of rotatable bonds is 4. The second-order valence-corrected chi connectivity index (χ2v) is 6.73. The summed E-state index contributed by atoms with van der Waals surface area (Å²) in [6, 6.07) is 20.9. The van der Waals surface area contributed by atoms with Crippen LogP contribution in [-0.4, -0.2) is 9.97 Å². The Balaban J connectivity index is 2.34. The molecular formula is C22H24N2. The van der Waals surface area contributed by atoms with Crippen LogP contribution < -0.4 is 0 Å². The lowest BCUT2D eigenvalue weighted by atomic mass is 9.92. The monoisotopic (exact) mass is 316 g/mol. The molecule has 3 aromatic rings. The van der Waals surface area contributed by atoms with E-state index in [1.165, 1.54) is 5.56 Å². The molecule has 0 atom stereocenters. The predicted octanol–water partition coefficient (Wildman–Crippen LogP) is 6.06. The van der Waals surface area contributed by atoms with E-state index in [1.54, 1.807) is 0 Å². The summed E-state index contributed by atoms with van der Waals surface area (Å²) in [5, 5.41) is 0. The molecule has 2 heteroatoms. The molecule has 0 radical (unpaired) electrons. The number of nitrogens with zero attached hydrogens (tertiary/aromatic N) is 2. The van der Waals surface area contributed by atoms with Gasteiger partial charge in [-0.1, -0.05) is 88.4 Å². The Morgan fingerprint density at radius 2 is 1.00 bits per heavy atom. The Labute approximate surface area is 144 Å². The first-order valence-corrected chi connectivity index (χ1v) is 8.60. The molecule has 0 N–H and O–H groups in total. The Morgan fingerprint density at radius 1 is 0.583 bits per heavy atom. The van der Waals surface area contributed by atoms with Crippen LogP contribution in [0.15, 0.2) is 60.7 Å². The standard InChI is InChI=1S/C22H24N2/c1-15(2)19-20(17-11-7-5-8-12-17)23-22(16(3)4)24-21(19)18-13-9-6-10-14-18/h5-16H,1-4H3. The van der Waals surface area contributed by atoms with Crippen molar-refractivity contribution >= 4 is 0 Å². The van der Waals surface area contributed by atoms with E-state index in [9.17, 15) is 0 Å². The number of aromatic nitrogens is 2. The first-order chi connectivity index (χ1) is 11.6. The lowest BCUT2D eigenvalue weighted by Crippen LogP contribution is -2.08. The third-order valence-electron chi connectivity index (χ3n) is 4.15. The van der Waals surface area contributed by atoms with Crippen LogP contribution in [0.3, 0.4) is 0 Å². The fourth-order valence-electron chi connectivity index (χ4n) is 2.92. The quantitative estimate of drug-likeness (QED) is 0.585. The van der Waals surface area contributed by atoms with Crippen molar-refractivity contribution in [3.05, 3.63) is 72.1 Å². The Morgan fingerprint density at radius 3 is 1.33 bits per heavy atom. The molecule has 0 saturated heterocycles. The fourth-order valence-corrected chi connectivity index (χ4v) is 2.92. The van der Waals surface area contributed by atoms with Gasteiger partial charge in [0.1, 0.15) is 5.82 Å². The maximum Gasteiger partial charge on any atom is 0.132 e. The van der Waals surface area contributed by atoms with E-state index in [2.05, 4.69) is 76.2 Å².